The number of nitrogens with zero attached hydrogens (tertiary/aromatic N) is 3. The van der Waals surface area contributed by atoms with Gasteiger partial charge in [-0.05, 0) is 49.3 Å². The summed E-state index contributed by atoms with van der Waals surface area (Å²) < 4.78 is 14.7. The number of aromatic nitrogens is 1. The molecule has 1 unspecified atom stereocenters. The van der Waals surface area contributed by atoms with Crippen molar-refractivity contribution >= 4 is 11.8 Å². The lowest BCUT2D eigenvalue weighted by atomic mass is 9.95. The van der Waals surface area contributed by atoms with Gasteiger partial charge in [0.2, 0.25) is 0 Å². The highest BCUT2D eigenvalue weighted by Crippen LogP contribution is 2.63. The first-order chi connectivity index (χ1) is 14.8. The Bertz CT molecular complexity index is 1220. The molecule has 2 fully saturated rings. The molecule has 2 amide bonds. The van der Waals surface area contributed by atoms with Gasteiger partial charge in [0.05, 0.1) is 5.56 Å². The van der Waals surface area contributed by atoms with Crippen molar-refractivity contribution in [1.29, 1.82) is 0 Å². The van der Waals surface area contributed by atoms with Gasteiger partial charge >= 0.3 is 0 Å². The fourth-order valence-electron chi connectivity index (χ4n) is 6.14. The van der Waals surface area contributed by atoms with Crippen molar-refractivity contribution in [2.24, 2.45) is 11.8 Å². The monoisotopic (exact) mass is 423 g/mol. The minimum atomic E-state index is -0.713. The number of carbonyl (C=O) groups is 2. The first kappa shape index (κ1) is 18.6. The number of hydrogen-bond donors (Lipinski definition) is 1. The Morgan fingerprint density at radius 3 is 2.55 bits per heavy atom. The fourth-order valence-corrected chi connectivity index (χ4v) is 6.14. The average Bonchev–Trinajstić information content (AvgIpc) is 3.41. The van der Waals surface area contributed by atoms with Crippen LogP contribution in [0, 0.1) is 17.7 Å². The van der Waals surface area contributed by atoms with Gasteiger partial charge in [-0.25, -0.2) is 4.39 Å². The molecule has 160 valence electrons. The SMILES string of the molecule is CN1C(=O)c2c3c(c(O)c(=O)n2C12CC[C@@H]1C[C@@H]12)C(=O)N(Cc1ccc(F)cc1)CC3. The van der Waals surface area contributed by atoms with Crippen LogP contribution in [0.2, 0.25) is 0 Å². The molecule has 4 aliphatic rings. The van der Waals surface area contributed by atoms with E-state index in [1.807, 2.05) is 0 Å². The van der Waals surface area contributed by atoms with Crippen LogP contribution in [0.1, 0.15) is 51.2 Å². The maximum atomic E-state index is 13.3. The molecule has 1 aromatic carbocycles. The molecule has 0 radical (unpaired) electrons. The van der Waals surface area contributed by atoms with Crippen LogP contribution in [0.4, 0.5) is 4.39 Å². The molecule has 2 aliphatic carbocycles. The summed E-state index contributed by atoms with van der Waals surface area (Å²) in [6.45, 7) is 0.585. The van der Waals surface area contributed by atoms with Crippen molar-refractivity contribution in [2.45, 2.75) is 37.9 Å². The quantitative estimate of drug-likeness (QED) is 0.802. The molecule has 2 aromatic rings. The van der Waals surface area contributed by atoms with Crippen LogP contribution in [0.25, 0.3) is 0 Å². The van der Waals surface area contributed by atoms with Crippen LogP contribution in [-0.4, -0.2) is 44.9 Å². The second-order valence-electron chi connectivity index (χ2n) is 9.18. The van der Waals surface area contributed by atoms with E-state index in [9.17, 15) is 23.9 Å². The number of rotatable bonds is 2. The van der Waals surface area contributed by atoms with Gasteiger partial charge in [0.25, 0.3) is 17.4 Å². The molecule has 3 atom stereocenters. The van der Waals surface area contributed by atoms with Crippen molar-refractivity contribution in [3.05, 3.63) is 62.8 Å². The number of amides is 2. The van der Waals surface area contributed by atoms with E-state index in [4.69, 9.17) is 0 Å². The maximum absolute atomic E-state index is 13.3. The van der Waals surface area contributed by atoms with Gasteiger partial charge in [0.1, 0.15) is 17.2 Å². The number of carbonyl (C=O) groups excluding carboxylic acids is 2. The molecule has 0 bridgehead atoms. The van der Waals surface area contributed by atoms with Crippen LogP contribution < -0.4 is 5.56 Å². The normalized spacial score (nSPS) is 28.2. The number of benzene rings is 1. The number of pyridine rings is 1. The van der Waals surface area contributed by atoms with Gasteiger partial charge in [0, 0.05) is 31.6 Å². The molecule has 1 N–H and O–H groups in total. The first-order valence-electron chi connectivity index (χ1n) is 10.7. The van der Waals surface area contributed by atoms with Crippen molar-refractivity contribution < 1.29 is 19.1 Å². The van der Waals surface area contributed by atoms with Gasteiger partial charge in [-0.2, -0.15) is 0 Å². The van der Waals surface area contributed by atoms with E-state index in [2.05, 4.69) is 0 Å². The van der Waals surface area contributed by atoms with Crippen molar-refractivity contribution in [2.75, 3.05) is 13.6 Å². The zero-order chi connectivity index (χ0) is 21.7. The van der Waals surface area contributed by atoms with Crippen molar-refractivity contribution in [1.82, 2.24) is 14.4 Å². The molecule has 2 saturated carbocycles. The Labute approximate surface area is 177 Å². The lowest BCUT2D eigenvalue weighted by Gasteiger charge is -2.36. The molecule has 1 aromatic heterocycles. The van der Waals surface area contributed by atoms with E-state index in [0.29, 0.717) is 30.9 Å². The Balaban J connectivity index is 1.46. The van der Waals surface area contributed by atoms with Gasteiger partial charge in [0.15, 0.2) is 5.75 Å². The highest BCUT2D eigenvalue weighted by atomic mass is 19.1. The highest BCUT2D eigenvalue weighted by Gasteiger charge is 2.66. The Morgan fingerprint density at radius 2 is 1.90 bits per heavy atom. The molecule has 2 aliphatic heterocycles. The van der Waals surface area contributed by atoms with Crippen LogP contribution in [-0.2, 0) is 18.6 Å². The predicted molar refractivity (Wildman–Crippen MR) is 108 cm³/mol. The standard InChI is InChI=1S/C23H22FN3O4/c1-25-21(30)18-15-7-9-26(11-12-2-4-14(24)5-3-12)20(29)17(15)19(28)22(31)27(18)23(25)8-6-13-10-16(13)23/h2-5,13,16,28H,6-11H2,1H3/t13-,16+,23?/m1/s1. The number of fused-ring (bicyclic) bond motifs is 6. The summed E-state index contributed by atoms with van der Waals surface area (Å²) in [7, 11) is 1.73. The molecule has 6 rings (SSSR count). The van der Waals surface area contributed by atoms with Crippen LogP contribution in [0.3, 0.4) is 0 Å². The summed E-state index contributed by atoms with van der Waals surface area (Å²) in [4.78, 5) is 43.1. The molecular weight excluding hydrogens is 401 g/mol. The van der Waals surface area contributed by atoms with Crippen LogP contribution in [0.5, 0.6) is 5.75 Å². The average molecular weight is 423 g/mol. The third kappa shape index (κ3) is 2.25. The summed E-state index contributed by atoms with van der Waals surface area (Å²) in [5.41, 5.74) is 0.0494. The van der Waals surface area contributed by atoms with E-state index in [0.717, 1.165) is 18.4 Å². The Morgan fingerprint density at radius 1 is 1.16 bits per heavy atom. The highest BCUT2D eigenvalue weighted by molar-refractivity contribution is 6.05. The third-order valence-corrected chi connectivity index (χ3v) is 7.75. The summed E-state index contributed by atoms with van der Waals surface area (Å²) in [6, 6.07) is 5.86. The summed E-state index contributed by atoms with van der Waals surface area (Å²) in [6.07, 6.45) is 3.00. The molecule has 3 heterocycles. The fraction of sp³-hybridized carbons (Fsp3) is 0.435. The summed E-state index contributed by atoms with van der Waals surface area (Å²) in [5.74, 6) is -0.914. The number of halogens is 1. The topological polar surface area (TPSA) is 82.9 Å². The van der Waals surface area contributed by atoms with Crippen LogP contribution >= 0.6 is 0 Å². The first-order valence-corrected chi connectivity index (χ1v) is 10.7. The predicted octanol–water partition coefficient (Wildman–Crippen LogP) is 2.06. The minimum Gasteiger partial charge on any atom is -0.502 e. The summed E-state index contributed by atoms with van der Waals surface area (Å²) >= 11 is 0. The van der Waals surface area contributed by atoms with Crippen LogP contribution in [0.15, 0.2) is 29.1 Å². The number of aromatic hydroxyl groups is 1. The van der Waals surface area contributed by atoms with E-state index in [-0.39, 0.29) is 35.4 Å². The molecule has 0 saturated heterocycles. The molecule has 7 nitrogen and oxygen atoms in total. The Hall–Kier alpha value is -3.16. The number of hydrogen-bond acceptors (Lipinski definition) is 4. The minimum absolute atomic E-state index is 0.0613. The largest absolute Gasteiger partial charge is 0.502 e. The van der Waals surface area contributed by atoms with Gasteiger partial charge < -0.3 is 14.9 Å². The maximum Gasteiger partial charge on any atom is 0.296 e. The van der Waals surface area contributed by atoms with Gasteiger partial charge in [-0.3, -0.25) is 19.0 Å². The molecule has 8 heteroatoms. The molecular formula is C23H22FN3O4. The van der Waals surface area contributed by atoms with Crippen molar-refractivity contribution in [3.63, 3.8) is 0 Å². The van der Waals surface area contributed by atoms with Crippen molar-refractivity contribution in [3.8, 4) is 5.75 Å². The van der Waals surface area contributed by atoms with Gasteiger partial charge in [-0.1, -0.05) is 12.1 Å². The second-order valence-corrected chi connectivity index (χ2v) is 9.18. The zero-order valence-electron chi connectivity index (χ0n) is 17.1. The van der Waals surface area contributed by atoms with Gasteiger partial charge in [-0.15, -0.1) is 0 Å². The van der Waals surface area contributed by atoms with E-state index in [1.165, 1.54) is 21.6 Å². The smallest absolute Gasteiger partial charge is 0.296 e. The summed E-state index contributed by atoms with van der Waals surface area (Å²) in [5, 5.41) is 10.9. The Kier molecular flexibility index (Phi) is 3.57. The zero-order valence-corrected chi connectivity index (χ0v) is 17.1. The van der Waals surface area contributed by atoms with E-state index in [1.54, 1.807) is 24.1 Å². The lowest BCUT2D eigenvalue weighted by Crippen LogP contribution is -2.49. The van der Waals surface area contributed by atoms with E-state index >= 15 is 0 Å². The van der Waals surface area contributed by atoms with E-state index < -0.39 is 22.9 Å². The third-order valence-electron chi connectivity index (χ3n) is 7.75. The second kappa shape index (κ2) is 5.96. The molecule has 31 heavy (non-hydrogen) atoms. The lowest BCUT2D eigenvalue weighted by molar-refractivity contribution is 0.0398. The molecule has 1 spiro atoms.